The number of rotatable bonds is 5. The fourth-order valence-corrected chi connectivity index (χ4v) is 2.99. The summed E-state index contributed by atoms with van der Waals surface area (Å²) in [5, 5.41) is 0. The molecule has 0 aliphatic carbocycles. The van der Waals surface area contributed by atoms with Crippen molar-refractivity contribution in [2.75, 3.05) is 5.75 Å². The molecule has 0 unspecified atom stereocenters. The maximum atomic E-state index is 11.9. The van der Waals surface area contributed by atoms with Crippen molar-refractivity contribution in [3.05, 3.63) is 60.2 Å². The van der Waals surface area contributed by atoms with E-state index in [-0.39, 0.29) is 11.5 Å². The predicted octanol–water partition coefficient (Wildman–Crippen LogP) is 1.63. The zero-order valence-corrected chi connectivity index (χ0v) is 10.7. The molecule has 0 N–H and O–H groups in total. The molecule has 2 rings (SSSR count). The van der Waals surface area contributed by atoms with Crippen molar-refractivity contribution in [2.45, 2.75) is 12.2 Å². The van der Waals surface area contributed by atoms with Gasteiger partial charge in [0.25, 0.3) is 0 Å². The van der Waals surface area contributed by atoms with E-state index in [2.05, 4.69) is 9.97 Å². The molecule has 0 amide bonds. The van der Waals surface area contributed by atoms with Crippen LogP contribution in [0.15, 0.2) is 48.9 Å². The molecule has 0 saturated heterocycles. The van der Waals surface area contributed by atoms with Crippen LogP contribution in [0.25, 0.3) is 0 Å². The Morgan fingerprint density at radius 2 is 1.83 bits per heavy atom. The lowest BCUT2D eigenvalue weighted by Gasteiger charge is -2.04. The molecule has 94 valence electrons. The summed E-state index contributed by atoms with van der Waals surface area (Å²) in [6, 6.07) is 10.9. The molecule has 0 radical (unpaired) electrons. The van der Waals surface area contributed by atoms with E-state index < -0.39 is 9.84 Å². The molecule has 0 bridgehead atoms. The third-order valence-electron chi connectivity index (χ3n) is 2.54. The highest BCUT2D eigenvalue weighted by atomic mass is 32.2. The normalized spacial score (nSPS) is 11.3. The van der Waals surface area contributed by atoms with Crippen LogP contribution in [0.3, 0.4) is 0 Å². The van der Waals surface area contributed by atoms with Crippen LogP contribution in [0.2, 0.25) is 0 Å². The van der Waals surface area contributed by atoms with E-state index in [4.69, 9.17) is 0 Å². The Labute approximate surface area is 107 Å². The zero-order chi connectivity index (χ0) is 12.8. The molecule has 1 heterocycles. The summed E-state index contributed by atoms with van der Waals surface area (Å²) in [6.07, 6.45) is 3.48. The summed E-state index contributed by atoms with van der Waals surface area (Å²) in [5.74, 6) is 0.192. The number of aryl methyl sites for hydroxylation is 1. The number of nitrogens with zero attached hydrogens (tertiary/aromatic N) is 2. The number of sulfone groups is 1. The van der Waals surface area contributed by atoms with Crippen molar-refractivity contribution in [2.24, 2.45) is 0 Å². The fourth-order valence-electron chi connectivity index (χ4n) is 1.63. The molecule has 0 aliphatic rings. The van der Waals surface area contributed by atoms with Gasteiger partial charge in [-0.15, -0.1) is 0 Å². The minimum atomic E-state index is -3.09. The van der Waals surface area contributed by atoms with Crippen LogP contribution in [0.5, 0.6) is 0 Å². The highest BCUT2D eigenvalue weighted by Crippen LogP contribution is 2.07. The van der Waals surface area contributed by atoms with Crippen LogP contribution in [-0.4, -0.2) is 24.1 Å². The van der Waals surface area contributed by atoms with Crippen LogP contribution in [-0.2, 0) is 22.0 Å². The third kappa shape index (κ3) is 3.92. The maximum Gasteiger partial charge on any atom is 0.154 e. The standard InChI is InChI=1S/C13H14N2O2S/c16-18(17,10-12-4-2-1-3-5-12)9-7-13-6-8-14-11-15-13/h1-6,8,11H,7,9-10H2. The quantitative estimate of drug-likeness (QED) is 0.821. The Morgan fingerprint density at radius 1 is 1.06 bits per heavy atom. The first-order valence-corrected chi connectivity index (χ1v) is 7.47. The van der Waals surface area contributed by atoms with Gasteiger partial charge in [0.1, 0.15) is 6.33 Å². The lowest BCUT2D eigenvalue weighted by atomic mass is 10.2. The number of aromatic nitrogens is 2. The summed E-state index contributed by atoms with van der Waals surface area (Å²) in [5.41, 5.74) is 1.57. The first-order chi connectivity index (χ1) is 8.66. The van der Waals surface area contributed by atoms with E-state index in [0.29, 0.717) is 6.42 Å². The van der Waals surface area contributed by atoms with Gasteiger partial charge in [0, 0.05) is 18.3 Å². The van der Waals surface area contributed by atoms with Crippen LogP contribution in [0.4, 0.5) is 0 Å². The highest BCUT2D eigenvalue weighted by molar-refractivity contribution is 7.90. The maximum absolute atomic E-state index is 11.9. The molecule has 0 saturated carbocycles. The molecule has 0 aliphatic heterocycles. The molecule has 0 atom stereocenters. The monoisotopic (exact) mass is 262 g/mol. The Morgan fingerprint density at radius 3 is 2.50 bits per heavy atom. The summed E-state index contributed by atoms with van der Waals surface area (Å²) in [7, 11) is -3.09. The Hall–Kier alpha value is -1.75. The van der Waals surface area contributed by atoms with Crippen LogP contribution in [0, 0.1) is 0 Å². The Bertz CT molecular complexity index is 583. The highest BCUT2D eigenvalue weighted by Gasteiger charge is 2.12. The van der Waals surface area contributed by atoms with E-state index in [0.717, 1.165) is 11.3 Å². The van der Waals surface area contributed by atoms with Gasteiger partial charge in [0.2, 0.25) is 0 Å². The lowest BCUT2D eigenvalue weighted by molar-refractivity contribution is 0.594. The second-order valence-electron chi connectivity index (χ2n) is 4.03. The molecular formula is C13H14N2O2S. The minimum absolute atomic E-state index is 0.0823. The van der Waals surface area contributed by atoms with Crippen molar-refractivity contribution >= 4 is 9.84 Å². The average Bonchev–Trinajstić information content (AvgIpc) is 2.38. The van der Waals surface area contributed by atoms with Crippen LogP contribution < -0.4 is 0 Å². The van der Waals surface area contributed by atoms with Gasteiger partial charge >= 0.3 is 0 Å². The molecule has 4 nitrogen and oxygen atoms in total. The first-order valence-electron chi connectivity index (χ1n) is 5.65. The molecule has 5 heteroatoms. The van der Waals surface area contributed by atoms with Crippen molar-refractivity contribution in [1.82, 2.24) is 9.97 Å². The summed E-state index contributed by atoms with van der Waals surface area (Å²) in [6.45, 7) is 0. The third-order valence-corrected chi connectivity index (χ3v) is 4.14. The van der Waals surface area contributed by atoms with Gasteiger partial charge in [-0.2, -0.15) is 0 Å². The Balaban J connectivity index is 1.96. The lowest BCUT2D eigenvalue weighted by Crippen LogP contribution is -2.12. The Kier molecular flexibility index (Phi) is 4.04. The summed E-state index contributed by atoms with van der Waals surface area (Å²) in [4.78, 5) is 7.81. The van der Waals surface area contributed by atoms with E-state index in [1.165, 1.54) is 6.33 Å². The summed E-state index contributed by atoms with van der Waals surface area (Å²) >= 11 is 0. The summed E-state index contributed by atoms with van der Waals surface area (Å²) < 4.78 is 23.9. The van der Waals surface area contributed by atoms with Crippen molar-refractivity contribution in [1.29, 1.82) is 0 Å². The second-order valence-corrected chi connectivity index (χ2v) is 6.21. The van der Waals surface area contributed by atoms with Crippen molar-refractivity contribution in [3.63, 3.8) is 0 Å². The molecular weight excluding hydrogens is 248 g/mol. The molecule has 1 aromatic heterocycles. The van der Waals surface area contributed by atoms with Gasteiger partial charge in [-0.1, -0.05) is 30.3 Å². The number of benzene rings is 1. The first kappa shape index (κ1) is 12.7. The topological polar surface area (TPSA) is 59.9 Å². The van der Waals surface area contributed by atoms with E-state index in [1.807, 2.05) is 30.3 Å². The van der Waals surface area contributed by atoms with Gasteiger partial charge in [0.15, 0.2) is 9.84 Å². The molecule has 0 spiro atoms. The van der Waals surface area contributed by atoms with Crippen LogP contribution in [0.1, 0.15) is 11.3 Å². The predicted molar refractivity (Wildman–Crippen MR) is 69.7 cm³/mol. The second kappa shape index (κ2) is 5.73. The van der Waals surface area contributed by atoms with Crippen molar-refractivity contribution in [3.8, 4) is 0 Å². The largest absolute Gasteiger partial charge is 0.245 e. The zero-order valence-electron chi connectivity index (χ0n) is 9.86. The van der Waals surface area contributed by atoms with Gasteiger partial charge in [-0.25, -0.2) is 18.4 Å². The van der Waals surface area contributed by atoms with Gasteiger partial charge in [0.05, 0.1) is 11.5 Å². The molecule has 18 heavy (non-hydrogen) atoms. The van der Waals surface area contributed by atoms with Crippen molar-refractivity contribution < 1.29 is 8.42 Å². The van der Waals surface area contributed by atoms with Gasteiger partial charge in [-0.3, -0.25) is 0 Å². The number of hydrogen-bond donors (Lipinski definition) is 0. The fraction of sp³-hybridized carbons (Fsp3) is 0.231. The van der Waals surface area contributed by atoms with E-state index >= 15 is 0 Å². The van der Waals surface area contributed by atoms with Crippen LogP contribution >= 0.6 is 0 Å². The molecule has 0 fully saturated rings. The average molecular weight is 262 g/mol. The molecule has 2 aromatic rings. The van der Waals surface area contributed by atoms with E-state index in [9.17, 15) is 8.42 Å². The SMILES string of the molecule is O=S(=O)(CCc1ccncn1)Cc1ccccc1. The smallest absolute Gasteiger partial charge is 0.154 e. The van der Waals surface area contributed by atoms with E-state index in [1.54, 1.807) is 12.3 Å². The minimum Gasteiger partial charge on any atom is -0.245 e. The number of hydrogen-bond acceptors (Lipinski definition) is 4. The van der Waals surface area contributed by atoms with Gasteiger partial charge < -0.3 is 0 Å². The van der Waals surface area contributed by atoms with Gasteiger partial charge in [-0.05, 0) is 11.6 Å². The molecule has 1 aromatic carbocycles.